The van der Waals surface area contributed by atoms with E-state index in [1.165, 1.54) is 0 Å². The second-order valence-electron chi connectivity index (χ2n) is 3.88. The van der Waals surface area contributed by atoms with Gasteiger partial charge in [0.1, 0.15) is 0 Å². The van der Waals surface area contributed by atoms with Gasteiger partial charge in [0.15, 0.2) is 17.3 Å². The van der Waals surface area contributed by atoms with Gasteiger partial charge < -0.3 is 9.47 Å². The molecule has 1 aliphatic rings. The lowest BCUT2D eigenvalue weighted by Gasteiger charge is -2.02. The van der Waals surface area contributed by atoms with E-state index in [0.717, 1.165) is 0 Å². The van der Waals surface area contributed by atoms with Gasteiger partial charge >= 0.3 is 0 Å². The van der Waals surface area contributed by atoms with Gasteiger partial charge in [0, 0.05) is 11.8 Å². The summed E-state index contributed by atoms with van der Waals surface area (Å²) < 4.78 is 10.4. The number of aromatic nitrogens is 2. The summed E-state index contributed by atoms with van der Waals surface area (Å²) in [4.78, 5) is 12.0. The van der Waals surface area contributed by atoms with E-state index in [0.29, 0.717) is 22.8 Å². The summed E-state index contributed by atoms with van der Waals surface area (Å²) >= 11 is 0. The normalized spacial score (nSPS) is 12.4. The molecule has 0 saturated heterocycles. The van der Waals surface area contributed by atoms with Crippen LogP contribution in [0.4, 0.5) is 0 Å². The monoisotopic (exact) mass is 242 g/mol. The molecule has 90 valence electrons. The number of carbonyl (C=O) groups is 1. The van der Waals surface area contributed by atoms with Crippen molar-refractivity contribution in [2.75, 3.05) is 6.79 Å². The molecule has 0 atom stereocenters. The highest BCUT2D eigenvalue weighted by molar-refractivity contribution is 5.97. The molecule has 0 amide bonds. The van der Waals surface area contributed by atoms with Crippen molar-refractivity contribution in [2.45, 2.75) is 6.42 Å². The van der Waals surface area contributed by atoms with Crippen LogP contribution in [0.2, 0.25) is 0 Å². The Bertz CT molecular complexity index is 584. The van der Waals surface area contributed by atoms with E-state index in [1.807, 2.05) is 0 Å². The van der Waals surface area contributed by atoms with Gasteiger partial charge in [0.2, 0.25) is 6.79 Å². The molecule has 0 saturated carbocycles. The van der Waals surface area contributed by atoms with Crippen molar-refractivity contribution < 1.29 is 14.3 Å². The number of carbonyl (C=O) groups excluding carboxylic acids is 1. The average molecular weight is 242 g/mol. The number of hydrogen-bond donors (Lipinski definition) is 0. The third-order valence-corrected chi connectivity index (χ3v) is 2.66. The summed E-state index contributed by atoms with van der Waals surface area (Å²) in [6, 6.07) is 8.70. The Morgan fingerprint density at radius 1 is 1.22 bits per heavy atom. The van der Waals surface area contributed by atoms with E-state index in [-0.39, 0.29) is 19.0 Å². The summed E-state index contributed by atoms with van der Waals surface area (Å²) in [5, 5.41) is 7.63. The Morgan fingerprint density at radius 2 is 2.11 bits per heavy atom. The molecular weight excluding hydrogens is 232 g/mol. The number of nitrogens with zero attached hydrogens (tertiary/aromatic N) is 2. The smallest absolute Gasteiger partial charge is 0.231 e. The number of ether oxygens (including phenoxy) is 2. The van der Waals surface area contributed by atoms with E-state index in [4.69, 9.17) is 9.47 Å². The van der Waals surface area contributed by atoms with Gasteiger partial charge in [-0.15, -0.1) is 0 Å². The van der Waals surface area contributed by atoms with Gasteiger partial charge in [-0.1, -0.05) is 0 Å². The maximum Gasteiger partial charge on any atom is 0.231 e. The molecule has 0 unspecified atom stereocenters. The predicted molar refractivity (Wildman–Crippen MR) is 62.6 cm³/mol. The highest BCUT2D eigenvalue weighted by Crippen LogP contribution is 2.32. The number of hydrogen-bond acceptors (Lipinski definition) is 5. The Balaban J connectivity index is 1.81. The molecule has 1 aromatic heterocycles. The lowest BCUT2D eigenvalue weighted by molar-refractivity contribution is 0.0991. The molecule has 2 heterocycles. The van der Waals surface area contributed by atoms with Crippen LogP contribution in [0.1, 0.15) is 16.1 Å². The van der Waals surface area contributed by atoms with Gasteiger partial charge in [0.25, 0.3) is 0 Å². The maximum atomic E-state index is 12.0. The fourth-order valence-corrected chi connectivity index (χ4v) is 1.76. The van der Waals surface area contributed by atoms with Crippen LogP contribution in [0.25, 0.3) is 0 Å². The molecule has 0 aliphatic carbocycles. The minimum atomic E-state index is -0.0196. The summed E-state index contributed by atoms with van der Waals surface area (Å²) in [6.07, 6.45) is 1.81. The fourth-order valence-electron chi connectivity index (χ4n) is 1.76. The molecule has 0 spiro atoms. The van der Waals surface area contributed by atoms with Crippen molar-refractivity contribution in [3.05, 3.63) is 47.8 Å². The average Bonchev–Trinajstić information content (AvgIpc) is 2.87. The third-order valence-electron chi connectivity index (χ3n) is 2.66. The Labute approximate surface area is 103 Å². The molecular formula is C13H10N2O3. The molecule has 18 heavy (non-hydrogen) atoms. The Hall–Kier alpha value is -2.43. The Kier molecular flexibility index (Phi) is 2.64. The van der Waals surface area contributed by atoms with Gasteiger partial charge in [-0.05, 0) is 30.3 Å². The summed E-state index contributed by atoms with van der Waals surface area (Å²) in [5.74, 6) is 1.26. The highest BCUT2D eigenvalue weighted by Gasteiger charge is 2.16. The van der Waals surface area contributed by atoms with Crippen LogP contribution in [0, 0.1) is 0 Å². The number of rotatable bonds is 3. The van der Waals surface area contributed by atoms with Gasteiger partial charge in [0.05, 0.1) is 12.1 Å². The largest absolute Gasteiger partial charge is 0.454 e. The molecule has 3 rings (SSSR count). The topological polar surface area (TPSA) is 61.3 Å². The molecule has 5 heteroatoms. The van der Waals surface area contributed by atoms with Crippen LogP contribution in [-0.2, 0) is 6.42 Å². The first kappa shape index (κ1) is 10.7. The van der Waals surface area contributed by atoms with E-state index in [2.05, 4.69) is 10.2 Å². The standard InChI is InChI=1S/C13H10N2O3/c16-11(7-10-2-1-5-14-15-10)9-3-4-12-13(6-9)18-8-17-12/h1-6H,7-8H2. The molecule has 2 aromatic rings. The first-order chi connectivity index (χ1) is 8.83. The third kappa shape index (κ3) is 2.02. The van der Waals surface area contributed by atoms with E-state index < -0.39 is 0 Å². The SMILES string of the molecule is O=C(Cc1cccnn1)c1ccc2c(c1)OCO2. The lowest BCUT2D eigenvalue weighted by atomic mass is 10.1. The summed E-state index contributed by atoms with van der Waals surface area (Å²) in [6.45, 7) is 0.205. The zero-order valence-corrected chi connectivity index (χ0v) is 9.50. The van der Waals surface area contributed by atoms with Crippen molar-refractivity contribution in [1.29, 1.82) is 0 Å². The zero-order chi connectivity index (χ0) is 12.4. The molecule has 0 fully saturated rings. The minimum absolute atomic E-state index is 0.0196. The molecule has 0 radical (unpaired) electrons. The molecule has 5 nitrogen and oxygen atoms in total. The van der Waals surface area contributed by atoms with Crippen LogP contribution in [0.5, 0.6) is 11.5 Å². The second-order valence-corrected chi connectivity index (χ2v) is 3.88. The van der Waals surface area contributed by atoms with Crippen molar-refractivity contribution >= 4 is 5.78 Å². The maximum absolute atomic E-state index is 12.0. The van der Waals surface area contributed by atoms with E-state index in [1.54, 1.807) is 36.5 Å². The predicted octanol–water partition coefficient (Wildman–Crippen LogP) is 1.63. The van der Waals surface area contributed by atoms with Gasteiger partial charge in [-0.3, -0.25) is 4.79 Å². The lowest BCUT2D eigenvalue weighted by Crippen LogP contribution is -2.05. The highest BCUT2D eigenvalue weighted by atomic mass is 16.7. The molecule has 0 N–H and O–H groups in total. The number of Topliss-reactive ketones (excluding diaryl/α,β-unsaturated/α-hetero) is 1. The fraction of sp³-hybridized carbons (Fsp3) is 0.154. The van der Waals surface area contributed by atoms with Gasteiger partial charge in [-0.2, -0.15) is 10.2 Å². The number of ketones is 1. The summed E-state index contributed by atoms with van der Waals surface area (Å²) in [7, 11) is 0. The quantitative estimate of drug-likeness (QED) is 0.765. The first-order valence-electron chi connectivity index (χ1n) is 5.52. The van der Waals surface area contributed by atoms with E-state index in [9.17, 15) is 4.79 Å². The molecule has 1 aromatic carbocycles. The van der Waals surface area contributed by atoms with Crippen molar-refractivity contribution in [2.24, 2.45) is 0 Å². The molecule has 1 aliphatic heterocycles. The van der Waals surface area contributed by atoms with Crippen LogP contribution in [0.3, 0.4) is 0 Å². The van der Waals surface area contributed by atoms with Crippen molar-refractivity contribution in [3.8, 4) is 11.5 Å². The van der Waals surface area contributed by atoms with Crippen molar-refractivity contribution in [1.82, 2.24) is 10.2 Å². The second kappa shape index (κ2) is 4.44. The van der Waals surface area contributed by atoms with Crippen molar-refractivity contribution in [3.63, 3.8) is 0 Å². The minimum Gasteiger partial charge on any atom is -0.454 e. The van der Waals surface area contributed by atoms with Crippen LogP contribution >= 0.6 is 0 Å². The van der Waals surface area contributed by atoms with Gasteiger partial charge in [-0.25, -0.2) is 0 Å². The number of fused-ring (bicyclic) bond motifs is 1. The first-order valence-corrected chi connectivity index (χ1v) is 5.52. The molecule has 0 bridgehead atoms. The zero-order valence-electron chi connectivity index (χ0n) is 9.50. The summed E-state index contributed by atoms with van der Waals surface area (Å²) in [5.41, 5.74) is 1.24. The Morgan fingerprint density at radius 3 is 2.94 bits per heavy atom. The van der Waals surface area contributed by atoms with Crippen LogP contribution in [-0.4, -0.2) is 22.8 Å². The van der Waals surface area contributed by atoms with Crippen LogP contribution < -0.4 is 9.47 Å². The van der Waals surface area contributed by atoms with Crippen LogP contribution in [0.15, 0.2) is 36.5 Å². The van der Waals surface area contributed by atoms with E-state index >= 15 is 0 Å². The number of benzene rings is 1.